The highest BCUT2D eigenvalue weighted by atomic mass is 35.5. The zero-order valence-corrected chi connectivity index (χ0v) is 14.7. The quantitative estimate of drug-likeness (QED) is 0.787. The topological polar surface area (TPSA) is 59.6 Å². The van der Waals surface area contributed by atoms with Crippen molar-refractivity contribution in [2.24, 2.45) is 0 Å². The van der Waals surface area contributed by atoms with E-state index in [0.717, 1.165) is 5.69 Å². The van der Waals surface area contributed by atoms with E-state index >= 15 is 0 Å². The van der Waals surface area contributed by atoms with Crippen LogP contribution in [-0.2, 0) is 4.79 Å². The second kappa shape index (κ2) is 8.45. The Bertz CT molecular complexity index is 689. The van der Waals surface area contributed by atoms with Crippen molar-refractivity contribution in [2.75, 3.05) is 24.4 Å². The number of anilines is 2. The van der Waals surface area contributed by atoms with Gasteiger partial charge in [-0.25, -0.2) is 0 Å². The van der Waals surface area contributed by atoms with E-state index < -0.39 is 6.04 Å². The highest BCUT2D eigenvalue weighted by molar-refractivity contribution is 6.30. The lowest BCUT2D eigenvalue weighted by atomic mass is 10.2. The van der Waals surface area contributed by atoms with Crippen molar-refractivity contribution in [2.45, 2.75) is 19.9 Å². The van der Waals surface area contributed by atoms with Crippen molar-refractivity contribution >= 4 is 28.9 Å². The van der Waals surface area contributed by atoms with Gasteiger partial charge in [-0.3, -0.25) is 4.79 Å². The minimum absolute atomic E-state index is 0.148. The molecule has 1 amide bonds. The minimum atomic E-state index is -0.427. The number of amides is 1. The molecule has 128 valence electrons. The summed E-state index contributed by atoms with van der Waals surface area (Å²) in [6.07, 6.45) is 0. The number of hydrogen-bond donors (Lipinski definition) is 2. The second-order valence-corrected chi connectivity index (χ2v) is 5.60. The molecule has 5 nitrogen and oxygen atoms in total. The van der Waals surface area contributed by atoms with Gasteiger partial charge >= 0.3 is 0 Å². The first-order valence-corrected chi connectivity index (χ1v) is 8.05. The standard InChI is InChI=1S/C18H21ClN2O3/c1-4-24-16-10-9-15(11-17(16)23-3)20-12(2)18(22)21-14-7-5-13(19)6-8-14/h5-12,20H,4H2,1-3H3,(H,21,22)/t12-/m1/s1. The van der Waals surface area contributed by atoms with Crippen LogP contribution in [0.3, 0.4) is 0 Å². The first-order chi connectivity index (χ1) is 11.5. The Morgan fingerprint density at radius 3 is 2.42 bits per heavy atom. The summed E-state index contributed by atoms with van der Waals surface area (Å²) in [6.45, 7) is 4.26. The van der Waals surface area contributed by atoms with Crippen LogP contribution < -0.4 is 20.1 Å². The molecule has 1 atom stereocenters. The lowest BCUT2D eigenvalue weighted by Gasteiger charge is -2.17. The number of nitrogens with one attached hydrogen (secondary N) is 2. The van der Waals surface area contributed by atoms with Crippen LogP contribution in [0.1, 0.15) is 13.8 Å². The van der Waals surface area contributed by atoms with Crippen LogP contribution >= 0.6 is 11.6 Å². The van der Waals surface area contributed by atoms with E-state index in [-0.39, 0.29) is 5.91 Å². The molecule has 2 rings (SSSR count). The second-order valence-electron chi connectivity index (χ2n) is 5.16. The molecule has 2 N–H and O–H groups in total. The zero-order chi connectivity index (χ0) is 17.5. The number of carbonyl (C=O) groups excluding carboxylic acids is 1. The molecule has 0 bridgehead atoms. The summed E-state index contributed by atoms with van der Waals surface area (Å²) in [4.78, 5) is 12.3. The Kier molecular flexibility index (Phi) is 6.32. The van der Waals surface area contributed by atoms with Gasteiger partial charge in [0.25, 0.3) is 0 Å². The molecule has 6 heteroatoms. The van der Waals surface area contributed by atoms with Crippen LogP contribution in [0.15, 0.2) is 42.5 Å². The maximum atomic E-state index is 12.3. The molecule has 0 aliphatic heterocycles. The molecule has 0 spiro atoms. The number of methoxy groups -OCH3 is 1. The fourth-order valence-corrected chi connectivity index (χ4v) is 2.26. The van der Waals surface area contributed by atoms with Gasteiger partial charge in [-0.15, -0.1) is 0 Å². The maximum Gasteiger partial charge on any atom is 0.246 e. The highest BCUT2D eigenvalue weighted by Crippen LogP contribution is 2.30. The van der Waals surface area contributed by atoms with Gasteiger partial charge in [0.2, 0.25) is 5.91 Å². The Morgan fingerprint density at radius 2 is 1.79 bits per heavy atom. The average Bonchev–Trinajstić information content (AvgIpc) is 2.58. The van der Waals surface area contributed by atoms with Gasteiger partial charge < -0.3 is 20.1 Å². The van der Waals surface area contributed by atoms with Crippen molar-refractivity contribution in [3.8, 4) is 11.5 Å². The van der Waals surface area contributed by atoms with E-state index in [4.69, 9.17) is 21.1 Å². The van der Waals surface area contributed by atoms with Gasteiger partial charge in [-0.2, -0.15) is 0 Å². The number of carbonyl (C=O) groups is 1. The lowest BCUT2D eigenvalue weighted by molar-refractivity contribution is -0.116. The van der Waals surface area contributed by atoms with E-state index in [9.17, 15) is 4.79 Å². The van der Waals surface area contributed by atoms with Gasteiger partial charge in [0.1, 0.15) is 6.04 Å². The summed E-state index contributed by atoms with van der Waals surface area (Å²) in [6, 6.07) is 12.0. The molecule has 2 aromatic carbocycles. The first-order valence-electron chi connectivity index (χ1n) is 7.67. The predicted octanol–water partition coefficient (Wildman–Crippen LogP) is 4.19. The molecule has 2 aromatic rings. The normalized spacial score (nSPS) is 11.5. The third-order valence-corrected chi connectivity index (χ3v) is 3.60. The van der Waals surface area contributed by atoms with Crippen molar-refractivity contribution in [1.29, 1.82) is 0 Å². The molecule has 0 fully saturated rings. The third kappa shape index (κ3) is 4.80. The van der Waals surface area contributed by atoms with Gasteiger partial charge in [0, 0.05) is 22.5 Å². The highest BCUT2D eigenvalue weighted by Gasteiger charge is 2.14. The van der Waals surface area contributed by atoms with Gasteiger partial charge in [-0.1, -0.05) is 11.6 Å². The van der Waals surface area contributed by atoms with Crippen LogP contribution in [0.2, 0.25) is 5.02 Å². The number of rotatable bonds is 7. The molecule has 0 aliphatic carbocycles. The third-order valence-electron chi connectivity index (χ3n) is 3.35. The van der Waals surface area contributed by atoms with Crippen LogP contribution in [0.5, 0.6) is 11.5 Å². The Morgan fingerprint density at radius 1 is 1.12 bits per heavy atom. The van der Waals surface area contributed by atoms with Crippen LogP contribution in [0.25, 0.3) is 0 Å². The maximum absolute atomic E-state index is 12.3. The summed E-state index contributed by atoms with van der Waals surface area (Å²) < 4.78 is 10.8. The Labute approximate surface area is 146 Å². The largest absolute Gasteiger partial charge is 0.493 e. The fraction of sp³-hybridized carbons (Fsp3) is 0.278. The van der Waals surface area contributed by atoms with E-state index in [1.165, 1.54) is 0 Å². The molecular weight excluding hydrogens is 328 g/mol. The summed E-state index contributed by atoms with van der Waals surface area (Å²) in [5.41, 5.74) is 1.47. The molecule has 0 aromatic heterocycles. The summed E-state index contributed by atoms with van der Waals surface area (Å²) in [7, 11) is 1.58. The Hall–Kier alpha value is -2.40. The molecule has 0 heterocycles. The van der Waals surface area contributed by atoms with Crippen molar-refractivity contribution in [3.63, 3.8) is 0 Å². The lowest BCUT2D eigenvalue weighted by Crippen LogP contribution is -2.31. The van der Waals surface area contributed by atoms with Gasteiger partial charge in [0.15, 0.2) is 11.5 Å². The van der Waals surface area contributed by atoms with Crippen LogP contribution in [0, 0.1) is 0 Å². The molecule has 0 unspecified atom stereocenters. The fourth-order valence-electron chi connectivity index (χ4n) is 2.13. The molecule has 0 saturated carbocycles. The average molecular weight is 349 g/mol. The van der Waals surface area contributed by atoms with Gasteiger partial charge in [0.05, 0.1) is 13.7 Å². The molecule has 0 aliphatic rings. The van der Waals surface area contributed by atoms with E-state index in [1.54, 1.807) is 44.4 Å². The number of ether oxygens (including phenoxy) is 2. The zero-order valence-electron chi connectivity index (χ0n) is 13.9. The molecule has 0 saturated heterocycles. The number of hydrogen-bond acceptors (Lipinski definition) is 4. The minimum Gasteiger partial charge on any atom is -0.493 e. The van der Waals surface area contributed by atoms with Crippen LogP contribution in [0.4, 0.5) is 11.4 Å². The van der Waals surface area contributed by atoms with E-state index in [1.807, 2.05) is 19.1 Å². The van der Waals surface area contributed by atoms with Crippen molar-refractivity contribution in [3.05, 3.63) is 47.5 Å². The summed E-state index contributed by atoms with van der Waals surface area (Å²) >= 11 is 5.83. The van der Waals surface area contributed by atoms with E-state index in [0.29, 0.717) is 28.8 Å². The molecule has 0 radical (unpaired) electrons. The summed E-state index contributed by atoms with van der Waals surface area (Å²) in [5, 5.41) is 6.60. The first kappa shape index (κ1) is 17.9. The van der Waals surface area contributed by atoms with Crippen molar-refractivity contribution in [1.82, 2.24) is 0 Å². The predicted molar refractivity (Wildman–Crippen MR) is 97.3 cm³/mol. The smallest absolute Gasteiger partial charge is 0.246 e. The van der Waals surface area contributed by atoms with Crippen molar-refractivity contribution < 1.29 is 14.3 Å². The van der Waals surface area contributed by atoms with E-state index in [2.05, 4.69) is 10.6 Å². The Balaban J connectivity index is 2.01. The molecule has 24 heavy (non-hydrogen) atoms. The number of benzene rings is 2. The van der Waals surface area contributed by atoms with Gasteiger partial charge in [-0.05, 0) is 50.2 Å². The molecular formula is C18H21ClN2O3. The summed E-state index contributed by atoms with van der Waals surface area (Å²) in [5.74, 6) is 1.14. The monoisotopic (exact) mass is 348 g/mol. The number of halogens is 1. The SMILES string of the molecule is CCOc1ccc(N[C@H](C)C(=O)Nc2ccc(Cl)cc2)cc1OC. The van der Waals surface area contributed by atoms with Crippen LogP contribution in [-0.4, -0.2) is 25.7 Å².